The monoisotopic (exact) mass is 452 g/mol. The third kappa shape index (κ3) is 4.94. The maximum atomic E-state index is 13.5. The molecule has 0 aromatic heterocycles. The van der Waals surface area contributed by atoms with Crippen LogP contribution in [-0.4, -0.2) is 28.0 Å². The summed E-state index contributed by atoms with van der Waals surface area (Å²) in [5.41, 5.74) is 3.06. The summed E-state index contributed by atoms with van der Waals surface area (Å²) < 4.78 is 33.5. The predicted octanol–water partition coefficient (Wildman–Crippen LogP) is 4.65. The Morgan fingerprint density at radius 3 is 2.06 bits per heavy atom. The lowest BCUT2D eigenvalue weighted by Crippen LogP contribution is -2.38. The molecule has 1 amide bonds. The second-order valence-electron chi connectivity index (χ2n) is 7.20. The fourth-order valence-electron chi connectivity index (χ4n) is 3.57. The Morgan fingerprint density at radius 2 is 1.47 bits per heavy atom. The molecule has 3 aromatic rings. The van der Waals surface area contributed by atoms with Crippen molar-refractivity contribution >= 4 is 27.3 Å². The van der Waals surface area contributed by atoms with Gasteiger partial charge in [-0.15, -0.1) is 0 Å². The van der Waals surface area contributed by atoms with Crippen molar-refractivity contribution in [2.45, 2.75) is 31.6 Å². The first-order chi connectivity index (χ1) is 15.4. The minimum Gasteiger partial charge on any atom is -0.495 e. The van der Waals surface area contributed by atoms with Crippen molar-refractivity contribution in [1.82, 2.24) is 0 Å². The number of benzene rings is 3. The van der Waals surface area contributed by atoms with Gasteiger partial charge in [0.25, 0.3) is 10.0 Å². The normalized spacial score (nSPS) is 11.1. The van der Waals surface area contributed by atoms with E-state index in [0.29, 0.717) is 11.4 Å². The third-order valence-electron chi connectivity index (χ3n) is 5.24. The average molecular weight is 453 g/mol. The highest BCUT2D eigenvalue weighted by atomic mass is 32.2. The number of aryl methyl sites for hydroxylation is 2. The predicted molar refractivity (Wildman–Crippen MR) is 128 cm³/mol. The van der Waals surface area contributed by atoms with E-state index in [1.807, 2.05) is 32.0 Å². The standard InChI is InChI=1S/C25H28N2O4S/c1-4-19-12-11-13-20(5-2)25(19)26-24(28)18-27(22-16-9-10-17-23(22)31-3)32(29,30)21-14-7-6-8-15-21/h6-17H,4-5,18H2,1-3H3,(H,26,28). The van der Waals surface area contributed by atoms with Crippen LogP contribution in [0.2, 0.25) is 0 Å². The summed E-state index contributed by atoms with van der Waals surface area (Å²) in [5.74, 6) is -0.0611. The van der Waals surface area contributed by atoms with E-state index in [4.69, 9.17) is 4.74 Å². The second-order valence-corrected chi connectivity index (χ2v) is 9.07. The van der Waals surface area contributed by atoms with E-state index >= 15 is 0 Å². The van der Waals surface area contributed by atoms with Gasteiger partial charge in [0.15, 0.2) is 0 Å². The quantitative estimate of drug-likeness (QED) is 0.513. The molecule has 1 N–H and O–H groups in total. The van der Waals surface area contributed by atoms with Crippen LogP contribution in [0, 0.1) is 0 Å². The van der Waals surface area contributed by atoms with Crippen LogP contribution in [0.15, 0.2) is 77.7 Å². The zero-order valence-electron chi connectivity index (χ0n) is 18.5. The van der Waals surface area contributed by atoms with E-state index in [0.717, 1.165) is 34.0 Å². The number of hydrogen-bond donors (Lipinski definition) is 1. The van der Waals surface area contributed by atoms with Gasteiger partial charge in [-0.1, -0.05) is 62.4 Å². The Balaban J connectivity index is 2.02. The smallest absolute Gasteiger partial charge is 0.264 e. The molecule has 3 rings (SSSR count). The van der Waals surface area contributed by atoms with E-state index in [-0.39, 0.29) is 4.90 Å². The largest absolute Gasteiger partial charge is 0.495 e. The third-order valence-corrected chi connectivity index (χ3v) is 7.01. The molecule has 0 spiro atoms. The molecule has 7 heteroatoms. The minimum absolute atomic E-state index is 0.0990. The second kappa shape index (κ2) is 10.3. The number of anilines is 2. The maximum Gasteiger partial charge on any atom is 0.264 e. The van der Waals surface area contributed by atoms with Crippen molar-refractivity contribution in [2.24, 2.45) is 0 Å². The van der Waals surface area contributed by atoms with Gasteiger partial charge < -0.3 is 10.1 Å². The minimum atomic E-state index is -4.01. The number of sulfonamides is 1. The van der Waals surface area contributed by atoms with Crippen LogP contribution in [-0.2, 0) is 27.7 Å². The van der Waals surface area contributed by atoms with Crippen molar-refractivity contribution in [1.29, 1.82) is 0 Å². The molecule has 0 saturated heterocycles. The highest BCUT2D eigenvalue weighted by Gasteiger charge is 2.29. The summed E-state index contributed by atoms with van der Waals surface area (Å²) in [7, 11) is -2.54. The molecule has 3 aromatic carbocycles. The number of rotatable bonds is 9. The molecule has 0 fully saturated rings. The number of para-hydroxylation sites is 3. The summed E-state index contributed by atoms with van der Waals surface area (Å²) in [6, 6.07) is 20.7. The number of ether oxygens (including phenoxy) is 1. The zero-order chi connectivity index (χ0) is 23.1. The number of amides is 1. The zero-order valence-corrected chi connectivity index (χ0v) is 19.4. The number of carbonyl (C=O) groups excluding carboxylic acids is 1. The van der Waals surface area contributed by atoms with Gasteiger partial charge in [-0.3, -0.25) is 9.10 Å². The van der Waals surface area contributed by atoms with Crippen molar-refractivity contribution < 1.29 is 17.9 Å². The number of carbonyl (C=O) groups is 1. The van der Waals surface area contributed by atoms with E-state index < -0.39 is 22.5 Å². The number of nitrogens with one attached hydrogen (secondary N) is 1. The highest BCUT2D eigenvalue weighted by molar-refractivity contribution is 7.92. The number of hydrogen-bond acceptors (Lipinski definition) is 4. The van der Waals surface area contributed by atoms with E-state index in [1.165, 1.54) is 19.2 Å². The van der Waals surface area contributed by atoms with Gasteiger partial charge in [-0.2, -0.15) is 0 Å². The molecule has 168 valence electrons. The summed E-state index contributed by atoms with van der Waals surface area (Å²) in [6.45, 7) is 3.65. The molecule has 0 aliphatic carbocycles. The first kappa shape index (κ1) is 23.3. The Bertz CT molecular complexity index is 1160. The SMILES string of the molecule is CCc1cccc(CC)c1NC(=O)CN(c1ccccc1OC)S(=O)(=O)c1ccccc1. The van der Waals surface area contributed by atoms with Crippen LogP contribution in [0.1, 0.15) is 25.0 Å². The molecule has 6 nitrogen and oxygen atoms in total. The lowest BCUT2D eigenvalue weighted by atomic mass is 10.0. The van der Waals surface area contributed by atoms with Gasteiger partial charge >= 0.3 is 0 Å². The van der Waals surface area contributed by atoms with Gasteiger partial charge in [0, 0.05) is 5.69 Å². The fourth-order valence-corrected chi connectivity index (χ4v) is 5.02. The molecule has 0 saturated carbocycles. The molecule has 0 heterocycles. The molecule has 0 unspecified atom stereocenters. The molecule has 0 aliphatic rings. The lowest BCUT2D eigenvalue weighted by molar-refractivity contribution is -0.114. The summed E-state index contributed by atoms with van der Waals surface area (Å²) in [5, 5.41) is 2.96. The molecule has 0 atom stereocenters. The first-order valence-electron chi connectivity index (χ1n) is 10.5. The molecular formula is C25H28N2O4S. The van der Waals surface area contributed by atoms with Gasteiger partial charge in [0.2, 0.25) is 5.91 Å². The molecular weight excluding hydrogens is 424 g/mol. The number of methoxy groups -OCH3 is 1. The lowest BCUT2D eigenvalue weighted by Gasteiger charge is -2.26. The van der Waals surface area contributed by atoms with Crippen LogP contribution in [0.5, 0.6) is 5.75 Å². The molecule has 0 aliphatic heterocycles. The highest BCUT2D eigenvalue weighted by Crippen LogP contribution is 2.32. The van der Waals surface area contributed by atoms with Crippen molar-refractivity contribution in [2.75, 3.05) is 23.3 Å². The number of nitrogens with zero attached hydrogens (tertiary/aromatic N) is 1. The molecule has 0 radical (unpaired) electrons. The van der Waals surface area contributed by atoms with Crippen molar-refractivity contribution in [3.8, 4) is 5.75 Å². The summed E-state index contributed by atoms with van der Waals surface area (Å²) >= 11 is 0. The van der Waals surface area contributed by atoms with E-state index in [2.05, 4.69) is 5.32 Å². The van der Waals surface area contributed by atoms with Crippen LogP contribution in [0.3, 0.4) is 0 Å². The maximum absolute atomic E-state index is 13.5. The van der Waals surface area contributed by atoms with Crippen LogP contribution >= 0.6 is 0 Å². The van der Waals surface area contributed by atoms with Crippen molar-refractivity contribution in [3.63, 3.8) is 0 Å². The van der Waals surface area contributed by atoms with Gasteiger partial charge in [0.1, 0.15) is 12.3 Å². The van der Waals surface area contributed by atoms with Gasteiger partial charge in [-0.05, 0) is 48.2 Å². The fraction of sp³-hybridized carbons (Fsp3) is 0.240. The van der Waals surface area contributed by atoms with E-state index in [9.17, 15) is 13.2 Å². The summed E-state index contributed by atoms with van der Waals surface area (Å²) in [6.07, 6.45) is 1.50. The average Bonchev–Trinajstić information content (AvgIpc) is 2.83. The van der Waals surface area contributed by atoms with Crippen LogP contribution in [0.4, 0.5) is 11.4 Å². The van der Waals surface area contributed by atoms with Gasteiger partial charge in [-0.25, -0.2) is 8.42 Å². The van der Waals surface area contributed by atoms with Crippen LogP contribution in [0.25, 0.3) is 0 Å². The van der Waals surface area contributed by atoms with Crippen molar-refractivity contribution in [3.05, 3.63) is 83.9 Å². The molecule has 32 heavy (non-hydrogen) atoms. The van der Waals surface area contributed by atoms with Crippen LogP contribution < -0.4 is 14.4 Å². The Morgan fingerprint density at radius 1 is 0.875 bits per heavy atom. The van der Waals surface area contributed by atoms with E-state index in [1.54, 1.807) is 42.5 Å². The summed E-state index contributed by atoms with van der Waals surface area (Å²) in [4.78, 5) is 13.3. The first-order valence-corrected chi connectivity index (χ1v) is 12.0. The Kier molecular flexibility index (Phi) is 7.53. The Hall–Kier alpha value is -3.32. The van der Waals surface area contributed by atoms with Gasteiger partial charge in [0.05, 0.1) is 17.7 Å². The topological polar surface area (TPSA) is 75.7 Å². The Labute approximate surface area is 189 Å². The molecule has 0 bridgehead atoms.